The Bertz CT molecular complexity index is 1180. The van der Waals surface area contributed by atoms with Gasteiger partial charge in [-0.1, -0.05) is 30.3 Å². The van der Waals surface area contributed by atoms with Crippen molar-refractivity contribution in [3.63, 3.8) is 0 Å². The van der Waals surface area contributed by atoms with E-state index in [4.69, 9.17) is 9.15 Å². The first-order chi connectivity index (χ1) is 14.6. The van der Waals surface area contributed by atoms with Crippen molar-refractivity contribution in [2.75, 3.05) is 12.4 Å². The predicted octanol–water partition coefficient (Wildman–Crippen LogP) is 4.22. The number of oxazole rings is 1. The predicted molar refractivity (Wildman–Crippen MR) is 105 cm³/mol. The van der Waals surface area contributed by atoms with Crippen LogP contribution in [0.5, 0.6) is 5.75 Å². The molecule has 0 bridgehead atoms. The second-order valence-corrected chi connectivity index (χ2v) is 8.28. The fraction of sp³-hybridized carbons (Fsp3) is 0.200. The number of nitrogens with one attached hydrogen (secondary N) is 1. The number of nitrogens with zero attached hydrogens (tertiary/aromatic N) is 1. The Morgan fingerprint density at radius 2 is 1.87 bits per heavy atom. The Morgan fingerprint density at radius 1 is 1.16 bits per heavy atom. The fourth-order valence-corrected chi connectivity index (χ4v) is 3.47. The van der Waals surface area contributed by atoms with Gasteiger partial charge in [-0.05, 0) is 18.2 Å². The summed E-state index contributed by atoms with van der Waals surface area (Å²) >= 11 is 0. The maximum absolute atomic E-state index is 12.8. The van der Waals surface area contributed by atoms with Gasteiger partial charge < -0.3 is 14.5 Å². The smallest absolute Gasteiger partial charge is 0.495 e. The Kier molecular flexibility index (Phi) is 6.34. The van der Waals surface area contributed by atoms with Crippen LogP contribution in [0.2, 0.25) is 0 Å². The summed E-state index contributed by atoms with van der Waals surface area (Å²) in [4.78, 5) is 15.4. The molecule has 0 aliphatic rings. The molecular formula is C20H17F3N2O5S. The molecule has 0 saturated heterocycles. The lowest BCUT2D eigenvalue weighted by molar-refractivity contribution is -0.116. The van der Waals surface area contributed by atoms with E-state index in [1.54, 1.807) is 0 Å². The van der Waals surface area contributed by atoms with E-state index < -0.39 is 26.1 Å². The van der Waals surface area contributed by atoms with E-state index in [2.05, 4.69) is 10.3 Å². The van der Waals surface area contributed by atoms with Crippen molar-refractivity contribution < 1.29 is 35.5 Å². The lowest BCUT2D eigenvalue weighted by Crippen LogP contribution is -2.23. The molecular weight excluding hydrogens is 437 g/mol. The molecule has 0 spiro atoms. The number of alkyl halides is 3. The number of aryl methyl sites for hydroxylation is 1. The van der Waals surface area contributed by atoms with Crippen LogP contribution in [0.4, 0.5) is 18.9 Å². The third-order valence-electron chi connectivity index (χ3n) is 4.24. The molecule has 1 N–H and O–H groups in total. The maximum atomic E-state index is 12.8. The number of carbonyl (C=O) groups excluding carboxylic acids is 1. The Hall–Kier alpha value is -3.34. The first-order valence-electron chi connectivity index (χ1n) is 8.91. The van der Waals surface area contributed by atoms with Gasteiger partial charge in [-0.25, -0.2) is 13.4 Å². The highest BCUT2D eigenvalue weighted by molar-refractivity contribution is 7.92. The third kappa shape index (κ3) is 5.05. The van der Waals surface area contributed by atoms with Crippen LogP contribution in [-0.4, -0.2) is 31.9 Å². The van der Waals surface area contributed by atoms with Crippen molar-refractivity contribution >= 4 is 21.4 Å². The SMILES string of the molecule is COc1ccc(S(=O)(=O)C(F)(F)F)cc1NC(=O)CCc1ncc(-c2ccccc2)o1. The molecule has 2 aromatic carbocycles. The van der Waals surface area contributed by atoms with Gasteiger partial charge in [-0.2, -0.15) is 13.2 Å². The summed E-state index contributed by atoms with van der Waals surface area (Å²) in [5.74, 6) is 0.258. The molecule has 164 valence electrons. The number of amides is 1. The monoisotopic (exact) mass is 454 g/mol. The molecule has 0 aliphatic carbocycles. The van der Waals surface area contributed by atoms with Gasteiger partial charge in [0.2, 0.25) is 5.91 Å². The molecule has 0 radical (unpaired) electrons. The average molecular weight is 454 g/mol. The van der Waals surface area contributed by atoms with Crippen molar-refractivity contribution in [2.45, 2.75) is 23.2 Å². The maximum Gasteiger partial charge on any atom is 0.501 e. The largest absolute Gasteiger partial charge is 0.501 e. The number of carbonyl (C=O) groups is 1. The van der Waals surface area contributed by atoms with E-state index in [9.17, 15) is 26.4 Å². The van der Waals surface area contributed by atoms with Crippen LogP contribution in [0, 0.1) is 0 Å². The standard InChI is InChI=1S/C20H17F3N2O5S/c1-29-16-8-7-14(31(27,28)20(21,22)23)11-15(16)25-18(26)9-10-19-24-12-17(30-19)13-5-3-2-4-6-13/h2-8,11-12H,9-10H2,1H3,(H,25,26). The first-order valence-corrected chi connectivity index (χ1v) is 10.4. The molecule has 11 heteroatoms. The minimum Gasteiger partial charge on any atom is -0.495 e. The van der Waals surface area contributed by atoms with E-state index in [0.717, 1.165) is 17.7 Å². The number of rotatable bonds is 7. The molecule has 0 atom stereocenters. The van der Waals surface area contributed by atoms with Crippen molar-refractivity contribution in [2.24, 2.45) is 0 Å². The number of hydrogen-bond donors (Lipinski definition) is 1. The molecule has 1 amide bonds. The summed E-state index contributed by atoms with van der Waals surface area (Å²) in [7, 11) is -4.33. The Balaban J connectivity index is 1.70. The van der Waals surface area contributed by atoms with Crippen molar-refractivity contribution in [3.05, 3.63) is 60.6 Å². The normalized spacial score (nSPS) is 11.9. The van der Waals surface area contributed by atoms with Crippen LogP contribution >= 0.6 is 0 Å². The number of sulfone groups is 1. The first kappa shape index (κ1) is 22.3. The molecule has 3 rings (SSSR count). The molecule has 0 aliphatic heterocycles. The zero-order valence-electron chi connectivity index (χ0n) is 16.1. The number of halogens is 3. The number of anilines is 1. The van der Waals surface area contributed by atoms with Gasteiger partial charge in [0.25, 0.3) is 9.84 Å². The van der Waals surface area contributed by atoms with Crippen molar-refractivity contribution in [3.8, 4) is 17.1 Å². The molecule has 31 heavy (non-hydrogen) atoms. The van der Waals surface area contributed by atoms with Crippen molar-refractivity contribution in [1.82, 2.24) is 4.98 Å². The van der Waals surface area contributed by atoms with Crippen LogP contribution in [0.25, 0.3) is 11.3 Å². The van der Waals surface area contributed by atoms with Crippen LogP contribution < -0.4 is 10.1 Å². The van der Waals surface area contributed by atoms with E-state index in [0.29, 0.717) is 17.7 Å². The van der Waals surface area contributed by atoms with E-state index >= 15 is 0 Å². The van der Waals surface area contributed by atoms with E-state index in [1.807, 2.05) is 30.3 Å². The van der Waals surface area contributed by atoms with Gasteiger partial charge >= 0.3 is 5.51 Å². The van der Waals surface area contributed by atoms with E-state index in [-0.39, 0.29) is 24.3 Å². The molecule has 0 unspecified atom stereocenters. The Morgan fingerprint density at radius 3 is 2.52 bits per heavy atom. The summed E-state index contributed by atoms with van der Waals surface area (Å²) in [5, 5.41) is 2.37. The quantitative estimate of drug-likeness (QED) is 0.574. The highest BCUT2D eigenvalue weighted by Gasteiger charge is 2.47. The highest BCUT2D eigenvalue weighted by atomic mass is 32.2. The average Bonchev–Trinajstić information content (AvgIpc) is 3.21. The summed E-state index contributed by atoms with van der Waals surface area (Å²) in [6.45, 7) is 0. The summed E-state index contributed by atoms with van der Waals surface area (Å²) in [6, 6.07) is 11.7. The Labute approximate surface area is 175 Å². The lowest BCUT2D eigenvalue weighted by atomic mass is 10.2. The minimum atomic E-state index is -5.57. The van der Waals surface area contributed by atoms with Crippen LogP contribution in [-0.2, 0) is 21.1 Å². The highest BCUT2D eigenvalue weighted by Crippen LogP contribution is 2.34. The van der Waals surface area contributed by atoms with Gasteiger partial charge in [0.1, 0.15) is 5.75 Å². The topological polar surface area (TPSA) is 98.5 Å². The van der Waals surface area contributed by atoms with Crippen LogP contribution in [0.1, 0.15) is 12.3 Å². The van der Waals surface area contributed by atoms with E-state index in [1.165, 1.54) is 13.3 Å². The zero-order valence-corrected chi connectivity index (χ0v) is 17.0. The van der Waals surface area contributed by atoms with Gasteiger partial charge in [-0.15, -0.1) is 0 Å². The van der Waals surface area contributed by atoms with Gasteiger partial charge in [0, 0.05) is 18.4 Å². The second-order valence-electron chi connectivity index (χ2n) is 6.34. The number of methoxy groups -OCH3 is 1. The molecule has 3 aromatic rings. The summed E-state index contributed by atoms with van der Waals surface area (Å²) in [5.41, 5.74) is -4.85. The molecule has 1 aromatic heterocycles. The second kappa shape index (κ2) is 8.80. The number of ether oxygens (including phenoxy) is 1. The summed E-state index contributed by atoms with van der Waals surface area (Å²) < 4.78 is 72.2. The third-order valence-corrected chi connectivity index (χ3v) is 5.72. The van der Waals surface area contributed by atoms with Gasteiger partial charge in [0.05, 0.1) is 23.9 Å². The number of aromatic nitrogens is 1. The van der Waals surface area contributed by atoms with Crippen LogP contribution in [0.3, 0.4) is 0 Å². The lowest BCUT2D eigenvalue weighted by Gasteiger charge is -2.13. The number of benzene rings is 2. The van der Waals surface area contributed by atoms with Gasteiger partial charge in [0.15, 0.2) is 11.7 Å². The fourth-order valence-electron chi connectivity index (χ4n) is 2.68. The number of hydrogen-bond acceptors (Lipinski definition) is 6. The van der Waals surface area contributed by atoms with Crippen LogP contribution in [0.15, 0.2) is 64.0 Å². The molecule has 0 fully saturated rings. The molecule has 0 saturated carbocycles. The van der Waals surface area contributed by atoms with Crippen molar-refractivity contribution in [1.29, 1.82) is 0 Å². The zero-order chi connectivity index (χ0) is 22.6. The minimum absolute atomic E-state index is 0.0111. The summed E-state index contributed by atoms with van der Waals surface area (Å²) in [6.07, 6.45) is 1.55. The van der Waals surface area contributed by atoms with Gasteiger partial charge in [-0.3, -0.25) is 4.79 Å². The molecule has 1 heterocycles. The molecule has 7 nitrogen and oxygen atoms in total.